The summed E-state index contributed by atoms with van der Waals surface area (Å²) in [6, 6.07) is 20.5. The zero-order valence-electron chi connectivity index (χ0n) is 18.2. The summed E-state index contributed by atoms with van der Waals surface area (Å²) >= 11 is 6.26. The zero-order valence-corrected chi connectivity index (χ0v) is 18.9. The predicted molar refractivity (Wildman–Crippen MR) is 127 cm³/mol. The third kappa shape index (κ3) is 4.86. The molecule has 0 bridgehead atoms. The molecule has 0 atom stereocenters. The Kier molecular flexibility index (Phi) is 6.47. The highest BCUT2D eigenvalue weighted by Crippen LogP contribution is 2.26. The van der Waals surface area contributed by atoms with Crippen LogP contribution in [0.25, 0.3) is 11.0 Å². The molecular formula is C26H27ClN2O2. The van der Waals surface area contributed by atoms with Crippen molar-refractivity contribution in [2.45, 2.75) is 33.2 Å². The van der Waals surface area contributed by atoms with Gasteiger partial charge in [0.1, 0.15) is 17.3 Å². The average Bonchev–Trinajstić information content (AvgIpc) is 3.12. The highest BCUT2D eigenvalue weighted by atomic mass is 35.5. The van der Waals surface area contributed by atoms with Gasteiger partial charge in [-0.15, -0.1) is 0 Å². The van der Waals surface area contributed by atoms with Crippen LogP contribution in [0, 0.1) is 13.8 Å². The summed E-state index contributed by atoms with van der Waals surface area (Å²) < 4.78 is 13.6. The predicted octanol–water partition coefficient (Wildman–Crippen LogP) is 6.38. The van der Waals surface area contributed by atoms with Gasteiger partial charge in [-0.3, -0.25) is 0 Å². The van der Waals surface area contributed by atoms with E-state index in [-0.39, 0.29) is 0 Å². The van der Waals surface area contributed by atoms with Crippen molar-refractivity contribution in [3.8, 4) is 11.5 Å². The normalized spacial score (nSPS) is 11.1. The van der Waals surface area contributed by atoms with E-state index < -0.39 is 0 Å². The number of para-hydroxylation sites is 2. The molecule has 0 radical (unpaired) electrons. The van der Waals surface area contributed by atoms with Crippen LogP contribution in [-0.2, 0) is 13.0 Å². The van der Waals surface area contributed by atoms with E-state index in [0.29, 0.717) is 6.61 Å². The molecule has 4 rings (SSSR count). The smallest absolute Gasteiger partial charge is 0.119 e. The molecule has 31 heavy (non-hydrogen) atoms. The summed E-state index contributed by atoms with van der Waals surface area (Å²) in [5.74, 6) is 2.79. The SMILES string of the molecule is COc1ccc(Cc2nc3ccccc3n2CCCOc2cc(C)c(Cl)c(C)c2)cc1. The Morgan fingerprint density at radius 1 is 0.935 bits per heavy atom. The largest absolute Gasteiger partial charge is 0.497 e. The molecule has 0 saturated heterocycles. The van der Waals surface area contributed by atoms with Crippen molar-refractivity contribution in [2.24, 2.45) is 0 Å². The van der Waals surface area contributed by atoms with E-state index in [9.17, 15) is 0 Å². The number of ether oxygens (including phenoxy) is 2. The van der Waals surface area contributed by atoms with Gasteiger partial charge in [0.15, 0.2) is 0 Å². The van der Waals surface area contributed by atoms with E-state index in [1.165, 1.54) is 5.56 Å². The Hall–Kier alpha value is -2.98. The summed E-state index contributed by atoms with van der Waals surface area (Å²) in [5, 5.41) is 0.806. The summed E-state index contributed by atoms with van der Waals surface area (Å²) in [4.78, 5) is 4.90. The molecule has 0 aliphatic heterocycles. The first-order valence-corrected chi connectivity index (χ1v) is 10.9. The van der Waals surface area contributed by atoms with Gasteiger partial charge in [0.25, 0.3) is 0 Å². The number of nitrogens with zero attached hydrogens (tertiary/aromatic N) is 2. The number of benzene rings is 3. The van der Waals surface area contributed by atoms with Crippen LogP contribution < -0.4 is 9.47 Å². The fourth-order valence-corrected chi connectivity index (χ4v) is 3.95. The van der Waals surface area contributed by atoms with Crippen LogP contribution in [0.1, 0.15) is 28.9 Å². The summed E-state index contributed by atoms with van der Waals surface area (Å²) in [7, 11) is 1.68. The highest BCUT2D eigenvalue weighted by molar-refractivity contribution is 6.32. The van der Waals surface area contributed by atoms with Crippen molar-refractivity contribution in [3.05, 3.63) is 88.2 Å². The number of aromatic nitrogens is 2. The maximum atomic E-state index is 6.26. The second-order valence-corrected chi connectivity index (χ2v) is 8.14. The molecule has 0 saturated carbocycles. The first-order valence-electron chi connectivity index (χ1n) is 10.5. The fourth-order valence-electron chi connectivity index (χ4n) is 3.84. The van der Waals surface area contributed by atoms with Crippen molar-refractivity contribution < 1.29 is 9.47 Å². The summed E-state index contributed by atoms with van der Waals surface area (Å²) in [6.07, 6.45) is 1.66. The topological polar surface area (TPSA) is 36.3 Å². The Morgan fingerprint density at radius 2 is 1.65 bits per heavy atom. The molecule has 4 nitrogen and oxygen atoms in total. The standard InChI is InChI=1S/C26H27ClN2O2/c1-18-15-22(16-19(2)26(18)27)31-14-6-13-29-24-8-5-4-7-23(24)28-25(29)17-20-9-11-21(30-3)12-10-20/h4-5,7-12,15-16H,6,13-14,17H2,1-3H3. The molecule has 0 aliphatic rings. The van der Waals surface area contributed by atoms with Crippen molar-refractivity contribution in [1.29, 1.82) is 0 Å². The number of fused-ring (bicyclic) bond motifs is 1. The van der Waals surface area contributed by atoms with Gasteiger partial charge in [-0.05, 0) is 73.4 Å². The molecular weight excluding hydrogens is 408 g/mol. The molecule has 3 aromatic carbocycles. The molecule has 0 N–H and O–H groups in total. The lowest BCUT2D eigenvalue weighted by Crippen LogP contribution is -2.08. The molecule has 0 aliphatic carbocycles. The van der Waals surface area contributed by atoms with Crippen molar-refractivity contribution in [3.63, 3.8) is 0 Å². The van der Waals surface area contributed by atoms with Crippen molar-refractivity contribution in [2.75, 3.05) is 13.7 Å². The molecule has 0 spiro atoms. The van der Waals surface area contributed by atoms with Gasteiger partial charge in [0.05, 0.1) is 24.8 Å². The average molecular weight is 435 g/mol. The molecule has 0 unspecified atom stereocenters. The van der Waals surface area contributed by atoms with E-state index >= 15 is 0 Å². The summed E-state index contributed by atoms with van der Waals surface area (Å²) in [6.45, 7) is 5.49. The lowest BCUT2D eigenvalue weighted by Gasteiger charge is -2.12. The number of hydrogen-bond acceptors (Lipinski definition) is 3. The zero-order chi connectivity index (χ0) is 21.8. The van der Waals surface area contributed by atoms with E-state index in [4.69, 9.17) is 26.1 Å². The maximum absolute atomic E-state index is 6.26. The number of rotatable bonds is 8. The second kappa shape index (κ2) is 9.44. The van der Waals surface area contributed by atoms with Crippen LogP contribution in [0.4, 0.5) is 0 Å². The van der Waals surface area contributed by atoms with Crippen molar-refractivity contribution >= 4 is 22.6 Å². The van der Waals surface area contributed by atoms with E-state index in [2.05, 4.69) is 34.9 Å². The number of methoxy groups -OCH3 is 1. The first-order chi connectivity index (χ1) is 15.0. The van der Waals surface area contributed by atoms with Crippen LogP contribution in [0.15, 0.2) is 60.7 Å². The lowest BCUT2D eigenvalue weighted by molar-refractivity contribution is 0.301. The first kappa shape index (κ1) is 21.3. The van der Waals surface area contributed by atoms with Gasteiger partial charge in [-0.1, -0.05) is 35.9 Å². The number of halogens is 1. The molecule has 1 aromatic heterocycles. The van der Waals surface area contributed by atoms with Crippen LogP contribution in [0.5, 0.6) is 11.5 Å². The minimum atomic E-state index is 0.634. The molecule has 160 valence electrons. The molecule has 4 aromatic rings. The fraction of sp³-hybridized carbons (Fsp3) is 0.269. The van der Waals surface area contributed by atoms with Gasteiger partial charge in [0.2, 0.25) is 0 Å². The van der Waals surface area contributed by atoms with Crippen LogP contribution >= 0.6 is 11.6 Å². The van der Waals surface area contributed by atoms with Crippen LogP contribution in [-0.4, -0.2) is 23.3 Å². The minimum Gasteiger partial charge on any atom is -0.497 e. The van der Waals surface area contributed by atoms with Gasteiger partial charge in [-0.25, -0.2) is 4.98 Å². The molecule has 0 fully saturated rings. The highest BCUT2D eigenvalue weighted by Gasteiger charge is 2.11. The van der Waals surface area contributed by atoms with E-state index in [0.717, 1.165) is 63.9 Å². The Bertz CT molecular complexity index is 1160. The Balaban J connectivity index is 1.48. The third-order valence-corrected chi connectivity index (χ3v) is 6.06. The van der Waals surface area contributed by atoms with E-state index in [1.54, 1.807) is 7.11 Å². The van der Waals surface area contributed by atoms with Gasteiger partial charge >= 0.3 is 0 Å². The third-order valence-electron chi connectivity index (χ3n) is 5.46. The number of imidazole rings is 1. The van der Waals surface area contributed by atoms with E-state index in [1.807, 2.05) is 44.2 Å². The molecule has 1 heterocycles. The lowest BCUT2D eigenvalue weighted by atomic mass is 10.1. The monoisotopic (exact) mass is 434 g/mol. The molecule has 0 amide bonds. The Labute approximate surface area is 188 Å². The maximum Gasteiger partial charge on any atom is 0.119 e. The van der Waals surface area contributed by atoms with Crippen molar-refractivity contribution in [1.82, 2.24) is 9.55 Å². The van der Waals surface area contributed by atoms with Gasteiger partial charge in [-0.2, -0.15) is 0 Å². The van der Waals surface area contributed by atoms with Crippen LogP contribution in [0.3, 0.4) is 0 Å². The number of aryl methyl sites for hydroxylation is 3. The van der Waals surface area contributed by atoms with Gasteiger partial charge < -0.3 is 14.0 Å². The van der Waals surface area contributed by atoms with Gasteiger partial charge in [0, 0.05) is 18.0 Å². The Morgan fingerprint density at radius 3 is 2.35 bits per heavy atom. The number of hydrogen-bond donors (Lipinski definition) is 0. The summed E-state index contributed by atoms with van der Waals surface area (Å²) in [5.41, 5.74) is 5.47. The molecule has 5 heteroatoms. The van der Waals surface area contributed by atoms with Crippen LogP contribution in [0.2, 0.25) is 5.02 Å². The minimum absolute atomic E-state index is 0.634. The second-order valence-electron chi connectivity index (χ2n) is 7.77. The quantitative estimate of drug-likeness (QED) is 0.302.